The van der Waals surface area contributed by atoms with E-state index in [0.717, 1.165) is 22.3 Å². The van der Waals surface area contributed by atoms with Crippen LogP contribution in [0, 0.1) is 20.8 Å². The Labute approximate surface area is 120 Å². The zero-order chi connectivity index (χ0) is 14.4. The summed E-state index contributed by atoms with van der Waals surface area (Å²) in [7, 11) is 0. The molecule has 0 spiro atoms. The fraction of sp³-hybridized carbons (Fsp3) is 0.200. The van der Waals surface area contributed by atoms with Gasteiger partial charge < -0.3 is 4.42 Å². The van der Waals surface area contributed by atoms with E-state index in [9.17, 15) is 4.79 Å². The van der Waals surface area contributed by atoms with E-state index < -0.39 is 5.63 Å². The number of halogens is 1. The predicted octanol–water partition coefficient (Wildman–Crippen LogP) is 3.56. The van der Waals surface area contributed by atoms with E-state index in [0.29, 0.717) is 11.3 Å². The molecule has 0 aliphatic carbocycles. The van der Waals surface area contributed by atoms with Crippen LogP contribution in [-0.4, -0.2) is 9.78 Å². The highest BCUT2D eigenvalue weighted by Crippen LogP contribution is 2.27. The fourth-order valence-corrected chi connectivity index (χ4v) is 2.42. The molecule has 0 fully saturated rings. The first kappa shape index (κ1) is 12.9. The van der Waals surface area contributed by atoms with E-state index in [1.807, 2.05) is 38.1 Å². The van der Waals surface area contributed by atoms with Gasteiger partial charge in [-0.15, -0.1) is 0 Å². The van der Waals surface area contributed by atoms with Gasteiger partial charge in [-0.05, 0) is 38.5 Å². The van der Waals surface area contributed by atoms with E-state index in [4.69, 9.17) is 16.0 Å². The summed E-state index contributed by atoms with van der Waals surface area (Å²) in [6, 6.07) is 7.84. The monoisotopic (exact) mass is 288 g/mol. The zero-order valence-electron chi connectivity index (χ0n) is 11.4. The standard InChI is InChI=1S/C15H13ClN2O2/c1-8-4-6-11(7-5-8)18-14-12(10(3)17-18)9(2)13(16)15(19)20-14/h4-7H,1-3H3. The third-order valence-electron chi connectivity index (χ3n) is 3.37. The van der Waals surface area contributed by atoms with Crippen LogP contribution in [0.25, 0.3) is 16.8 Å². The van der Waals surface area contributed by atoms with Crippen LogP contribution in [-0.2, 0) is 0 Å². The summed E-state index contributed by atoms with van der Waals surface area (Å²) in [5, 5.41) is 5.36. The molecule has 20 heavy (non-hydrogen) atoms. The molecule has 0 amide bonds. The normalized spacial score (nSPS) is 11.2. The number of benzene rings is 1. The molecular weight excluding hydrogens is 276 g/mol. The number of aromatic nitrogens is 2. The molecule has 102 valence electrons. The molecule has 0 atom stereocenters. The van der Waals surface area contributed by atoms with Crippen LogP contribution in [0.2, 0.25) is 5.02 Å². The molecule has 3 aromatic rings. The number of hydrogen-bond donors (Lipinski definition) is 0. The number of fused-ring (bicyclic) bond motifs is 1. The maximum Gasteiger partial charge on any atom is 0.356 e. The summed E-state index contributed by atoms with van der Waals surface area (Å²) in [6.45, 7) is 5.69. The van der Waals surface area contributed by atoms with Crippen molar-refractivity contribution in [2.75, 3.05) is 0 Å². The lowest BCUT2D eigenvalue weighted by molar-refractivity contribution is 0.535. The van der Waals surface area contributed by atoms with Gasteiger partial charge in [-0.1, -0.05) is 29.3 Å². The Balaban J connectivity index is 2.38. The van der Waals surface area contributed by atoms with Crippen LogP contribution in [0.15, 0.2) is 33.5 Å². The first-order valence-electron chi connectivity index (χ1n) is 6.24. The van der Waals surface area contributed by atoms with Crippen molar-refractivity contribution in [2.24, 2.45) is 0 Å². The summed E-state index contributed by atoms with van der Waals surface area (Å²) in [6.07, 6.45) is 0. The van der Waals surface area contributed by atoms with E-state index in [-0.39, 0.29) is 5.02 Å². The lowest BCUT2D eigenvalue weighted by atomic mass is 10.2. The molecule has 0 aliphatic rings. The number of hydrogen-bond acceptors (Lipinski definition) is 3. The van der Waals surface area contributed by atoms with Crippen molar-refractivity contribution in [3.8, 4) is 5.69 Å². The maximum atomic E-state index is 11.8. The predicted molar refractivity (Wildman–Crippen MR) is 78.8 cm³/mol. The van der Waals surface area contributed by atoms with Crippen molar-refractivity contribution in [2.45, 2.75) is 20.8 Å². The Morgan fingerprint density at radius 1 is 1.15 bits per heavy atom. The van der Waals surface area contributed by atoms with Gasteiger partial charge in [0.25, 0.3) is 0 Å². The van der Waals surface area contributed by atoms with Gasteiger partial charge in [-0.25, -0.2) is 4.79 Å². The molecule has 0 saturated heterocycles. The lowest BCUT2D eigenvalue weighted by Gasteiger charge is -2.03. The van der Waals surface area contributed by atoms with Gasteiger partial charge in [0.1, 0.15) is 5.02 Å². The largest absolute Gasteiger partial charge is 0.402 e. The smallest absolute Gasteiger partial charge is 0.356 e. The summed E-state index contributed by atoms with van der Waals surface area (Å²) in [5.41, 5.74) is 3.38. The molecular formula is C15H13ClN2O2. The molecule has 0 aliphatic heterocycles. The molecule has 1 aromatic carbocycles. The second-order valence-electron chi connectivity index (χ2n) is 4.84. The average molecular weight is 289 g/mol. The zero-order valence-corrected chi connectivity index (χ0v) is 12.2. The molecule has 2 heterocycles. The van der Waals surface area contributed by atoms with Crippen LogP contribution in [0.3, 0.4) is 0 Å². The van der Waals surface area contributed by atoms with Crippen LogP contribution in [0.1, 0.15) is 16.8 Å². The molecule has 0 bridgehead atoms. The molecule has 0 N–H and O–H groups in total. The summed E-state index contributed by atoms with van der Waals surface area (Å²) >= 11 is 5.96. The molecule has 5 heteroatoms. The molecule has 3 rings (SSSR count). The topological polar surface area (TPSA) is 48.0 Å². The Hall–Kier alpha value is -2.07. The molecule has 0 unspecified atom stereocenters. The highest BCUT2D eigenvalue weighted by molar-refractivity contribution is 6.31. The van der Waals surface area contributed by atoms with Crippen molar-refractivity contribution in [1.29, 1.82) is 0 Å². The SMILES string of the molecule is Cc1ccc(-n2nc(C)c3c(C)c(Cl)c(=O)oc32)cc1. The fourth-order valence-electron chi connectivity index (χ4n) is 2.29. The maximum absolute atomic E-state index is 11.8. The highest BCUT2D eigenvalue weighted by atomic mass is 35.5. The second kappa shape index (κ2) is 4.49. The van der Waals surface area contributed by atoms with Crippen LogP contribution in [0.5, 0.6) is 0 Å². The van der Waals surface area contributed by atoms with Crippen molar-refractivity contribution in [3.63, 3.8) is 0 Å². The van der Waals surface area contributed by atoms with Crippen molar-refractivity contribution >= 4 is 22.7 Å². The van der Waals surface area contributed by atoms with Gasteiger partial charge in [0.05, 0.1) is 16.8 Å². The molecule has 0 radical (unpaired) electrons. The Morgan fingerprint density at radius 3 is 2.45 bits per heavy atom. The Kier molecular flexibility index (Phi) is 2.91. The summed E-state index contributed by atoms with van der Waals surface area (Å²) < 4.78 is 6.96. The van der Waals surface area contributed by atoms with Gasteiger partial charge in [0.2, 0.25) is 5.71 Å². The van der Waals surface area contributed by atoms with Crippen LogP contribution in [0.4, 0.5) is 0 Å². The third kappa shape index (κ3) is 1.84. The molecule has 0 saturated carbocycles. The van der Waals surface area contributed by atoms with Crippen molar-refractivity contribution in [1.82, 2.24) is 9.78 Å². The minimum Gasteiger partial charge on any atom is -0.402 e. The van der Waals surface area contributed by atoms with E-state index in [1.54, 1.807) is 11.6 Å². The quantitative estimate of drug-likeness (QED) is 0.688. The van der Waals surface area contributed by atoms with E-state index in [1.165, 1.54) is 0 Å². The Morgan fingerprint density at radius 2 is 1.80 bits per heavy atom. The van der Waals surface area contributed by atoms with Gasteiger partial charge in [-0.2, -0.15) is 9.78 Å². The van der Waals surface area contributed by atoms with Crippen molar-refractivity contribution < 1.29 is 4.42 Å². The summed E-state index contributed by atoms with van der Waals surface area (Å²) in [5.74, 6) is 0. The van der Waals surface area contributed by atoms with Gasteiger partial charge in [-0.3, -0.25) is 0 Å². The van der Waals surface area contributed by atoms with Crippen LogP contribution < -0.4 is 5.63 Å². The summed E-state index contributed by atoms with van der Waals surface area (Å²) in [4.78, 5) is 11.8. The van der Waals surface area contributed by atoms with Crippen LogP contribution >= 0.6 is 11.6 Å². The number of rotatable bonds is 1. The first-order valence-corrected chi connectivity index (χ1v) is 6.62. The lowest BCUT2D eigenvalue weighted by Crippen LogP contribution is -2.04. The van der Waals surface area contributed by atoms with Gasteiger partial charge in [0, 0.05) is 0 Å². The van der Waals surface area contributed by atoms with E-state index in [2.05, 4.69) is 5.10 Å². The Bertz CT molecular complexity index is 860. The van der Waals surface area contributed by atoms with Crippen molar-refractivity contribution in [3.05, 3.63) is 56.5 Å². The molecule has 2 aromatic heterocycles. The second-order valence-corrected chi connectivity index (χ2v) is 5.22. The van der Waals surface area contributed by atoms with Gasteiger partial charge >= 0.3 is 5.63 Å². The molecule has 4 nitrogen and oxygen atoms in total. The van der Waals surface area contributed by atoms with E-state index >= 15 is 0 Å². The first-order chi connectivity index (χ1) is 9.49. The number of aryl methyl sites for hydroxylation is 3. The number of nitrogens with zero attached hydrogens (tertiary/aromatic N) is 2. The minimum atomic E-state index is -0.537. The average Bonchev–Trinajstić information content (AvgIpc) is 2.74. The highest BCUT2D eigenvalue weighted by Gasteiger charge is 2.17. The van der Waals surface area contributed by atoms with Gasteiger partial charge in [0.15, 0.2) is 0 Å². The third-order valence-corrected chi connectivity index (χ3v) is 3.81. The minimum absolute atomic E-state index is 0.115.